The van der Waals surface area contributed by atoms with Gasteiger partial charge in [-0.1, -0.05) is 66.7 Å². The van der Waals surface area contributed by atoms with Gasteiger partial charge in [0.25, 0.3) is 0 Å². The van der Waals surface area contributed by atoms with Gasteiger partial charge in [-0.15, -0.1) is 12.4 Å². The molecule has 2 aromatic carbocycles. The number of nitrogens with zero attached hydrogens (tertiary/aromatic N) is 1. The largest absolute Gasteiger partial charge is 0.295 e. The Morgan fingerprint density at radius 1 is 0.850 bits per heavy atom. The third kappa shape index (κ3) is 3.72. The molecule has 0 aromatic heterocycles. The fourth-order valence-corrected chi connectivity index (χ4v) is 2.61. The Hall–Kier alpha value is -1.57. The van der Waals surface area contributed by atoms with Gasteiger partial charge in [0.05, 0.1) is 0 Å². The van der Waals surface area contributed by atoms with E-state index in [1.807, 2.05) is 0 Å². The minimum atomic E-state index is 0. The second-order valence-corrected chi connectivity index (χ2v) is 5.07. The Morgan fingerprint density at radius 3 is 2.10 bits per heavy atom. The van der Waals surface area contributed by atoms with Crippen LogP contribution in [0.3, 0.4) is 0 Å². The van der Waals surface area contributed by atoms with Crippen molar-refractivity contribution >= 4 is 18.0 Å². The van der Waals surface area contributed by atoms with E-state index in [0.717, 1.165) is 26.1 Å². The van der Waals surface area contributed by atoms with E-state index in [2.05, 4.69) is 71.6 Å². The van der Waals surface area contributed by atoms with Gasteiger partial charge in [-0.05, 0) is 23.1 Å². The quantitative estimate of drug-likeness (QED) is 0.808. The van der Waals surface area contributed by atoms with Crippen molar-refractivity contribution in [1.29, 1.82) is 0 Å². The van der Waals surface area contributed by atoms with E-state index >= 15 is 0 Å². The summed E-state index contributed by atoms with van der Waals surface area (Å²) in [5, 5.41) is 0. The van der Waals surface area contributed by atoms with Crippen molar-refractivity contribution < 1.29 is 0 Å². The summed E-state index contributed by atoms with van der Waals surface area (Å²) in [6.07, 6.45) is 3.53. The van der Waals surface area contributed by atoms with Gasteiger partial charge in [0.15, 0.2) is 0 Å². The molecule has 0 saturated heterocycles. The molecule has 104 valence electrons. The van der Waals surface area contributed by atoms with E-state index in [1.54, 1.807) is 0 Å². The van der Waals surface area contributed by atoms with Crippen LogP contribution in [0.1, 0.15) is 17.5 Å². The van der Waals surface area contributed by atoms with Crippen LogP contribution in [-0.4, -0.2) is 18.0 Å². The van der Waals surface area contributed by atoms with Crippen LogP contribution < -0.4 is 0 Å². The van der Waals surface area contributed by atoms with Gasteiger partial charge in [0.1, 0.15) is 0 Å². The van der Waals surface area contributed by atoms with Crippen molar-refractivity contribution in [2.75, 3.05) is 13.1 Å². The first-order valence-electron chi connectivity index (χ1n) is 6.92. The number of rotatable bonds is 3. The lowest BCUT2D eigenvalue weighted by Gasteiger charge is -2.26. The van der Waals surface area contributed by atoms with Gasteiger partial charge in [-0.2, -0.15) is 0 Å². The molecule has 0 saturated carbocycles. The SMILES string of the molecule is C1=C(c2ccccc2)CCN(Cc2ccccc2)C1.Cl. The van der Waals surface area contributed by atoms with Crippen molar-refractivity contribution in [3.8, 4) is 0 Å². The van der Waals surface area contributed by atoms with Crippen LogP contribution in [0.25, 0.3) is 5.57 Å². The molecule has 0 unspecified atom stereocenters. The average molecular weight is 286 g/mol. The van der Waals surface area contributed by atoms with Gasteiger partial charge >= 0.3 is 0 Å². The van der Waals surface area contributed by atoms with E-state index in [1.165, 1.54) is 16.7 Å². The molecule has 0 spiro atoms. The fourth-order valence-electron chi connectivity index (χ4n) is 2.61. The van der Waals surface area contributed by atoms with Crippen LogP contribution in [0, 0.1) is 0 Å². The second-order valence-electron chi connectivity index (χ2n) is 5.07. The highest BCUT2D eigenvalue weighted by Crippen LogP contribution is 2.22. The van der Waals surface area contributed by atoms with E-state index in [0.29, 0.717) is 0 Å². The highest BCUT2D eigenvalue weighted by Gasteiger charge is 2.12. The molecule has 0 fully saturated rings. The summed E-state index contributed by atoms with van der Waals surface area (Å²) in [6.45, 7) is 3.26. The fraction of sp³-hybridized carbons (Fsp3) is 0.222. The molecule has 0 bridgehead atoms. The van der Waals surface area contributed by atoms with Crippen molar-refractivity contribution in [2.24, 2.45) is 0 Å². The lowest BCUT2D eigenvalue weighted by atomic mass is 9.99. The first kappa shape index (κ1) is 14.8. The standard InChI is InChI=1S/C18H19N.ClH/c1-3-7-16(8-4-1)15-19-13-11-18(12-14-19)17-9-5-2-6-10-17;/h1-11H,12-15H2;1H. The predicted molar refractivity (Wildman–Crippen MR) is 88.0 cm³/mol. The Labute approximate surface area is 127 Å². The maximum absolute atomic E-state index is 2.50. The van der Waals surface area contributed by atoms with Gasteiger partial charge < -0.3 is 0 Å². The van der Waals surface area contributed by atoms with E-state index < -0.39 is 0 Å². The molecule has 2 aromatic rings. The molecule has 0 amide bonds. The molecule has 0 radical (unpaired) electrons. The lowest BCUT2D eigenvalue weighted by molar-refractivity contribution is 0.294. The Morgan fingerprint density at radius 2 is 1.50 bits per heavy atom. The van der Waals surface area contributed by atoms with Crippen LogP contribution in [0.15, 0.2) is 66.7 Å². The zero-order chi connectivity index (χ0) is 12.9. The summed E-state index contributed by atoms with van der Waals surface area (Å²) in [5.41, 5.74) is 4.27. The van der Waals surface area contributed by atoms with Gasteiger partial charge in [0, 0.05) is 19.6 Å². The summed E-state index contributed by atoms with van der Waals surface area (Å²) < 4.78 is 0. The third-order valence-corrected chi connectivity index (χ3v) is 3.69. The summed E-state index contributed by atoms with van der Waals surface area (Å²) in [7, 11) is 0. The summed E-state index contributed by atoms with van der Waals surface area (Å²) in [6, 6.07) is 21.4. The molecule has 1 heterocycles. The van der Waals surface area contributed by atoms with Crippen LogP contribution in [0.5, 0.6) is 0 Å². The molecule has 0 N–H and O–H groups in total. The first-order chi connectivity index (χ1) is 9.42. The monoisotopic (exact) mass is 285 g/mol. The number of hydrogen-bond donors (Lipinski definition) is 0. The van der Waals surface area contributed by atoms with Gasteiger partial charge in [-0.25, -0.2) is 0 Å². The molecule has 2 heteroatoms. The minimum Gasteiger partial charge on any atom is -0.295 e. The van der Waals surface area contributed by atoms with Crippen LogP contribution in [-0.2, 0) is 6.54 Å². The number of halogens is 1. The van der Waals surface area contributed by atoms with Crippen molar-refractivity contribution in [2.45, 2.75) is 13.0 Å². The zero-order valence-electron chi connectivity index (χ0n) is 11.5. The molecule has 3 rings (SSSR count). The van der Waals surface area contributed by atoms with Crippen LogP contribution >= 0.6 is 12.4 Å². The van der Waals surface area contributed by atoms with E-state index in [9.17, 15) is 0 Å². The maximum Gasteiger partial charge on any atom is 0.0237 e. The number of benzene rings is 2. The van der Waals surface area contributed by atoms with E-state index in [4.69, 9.17) is 0 Å². The molecule has 20 heavy (non-hydrogen) atoms. The Bertz CT molecular complexity index is 548. The minimum absolute atomic E-state index is 0. The van der Waals surface area contributed by atoms with Crippen LogP contribution in [0.2, 0.25) is 0 Å². The Kier molecular flexibility index (Phi) is 5.40. The third-order valence-electron chi connectivity index (χ3n) is 3.69. The van der Waals surface area contributed by atoms with Crippen LogP contribution in [0.4, 0.5) is 0 Å². The number of hydrogen-bond acceptors (Lipinski definition) is 1. The molecular weight excluding hydrogens is 266 g/mol. The van der Waals surface area contributed by atoms with Crippen molar-refractivity contribution in [3.63, 3.8) is 0 Å². The van der Waals surface area contributed by atoms with Crippen molar-refractivity contribution in [3.05, 3.63) is 77.9 Å². The average Bonchev–Trinajstić information content (AvgIpc) is 2.50. The summed E-state index contributed by atoms with van der Waals surface area (Å²) >= 11 is 0. The summed E-state index contributed by atoms with van der Waals surface area (Å²) in [5.74, 6) is 0. The normalized spacial score (nSPS) is 15.3. The van der Waals surface area contributed by atoms with Gasteiger partial charge in [-0.3, -0.25) is 4.90 Å². The molecule has 1 aliphatic rings. The smallest absolute Gasteiger partial charge is 0.0237 e. The molecule has 0 atom stereocenters. The summed E-state index contributed by atoms with van der Waals surface area (Å²) in [4.78, 5) is 2.50. The van der Waals surface area contributed by atoms with Crippen molar-refractivity contribution in [1.82, 2.24) is 4.90 Å². The topological polar surface area (TPSA) is 3.24 Å². The highest BCUT2D eigenvalue weighted by atomic mass is 35.5. The molecule has 0 aliphatic carbocycles. The highest BCUT2D eigenvalue weighted by molar-refractivity contribution is 5.85. The molecule has 1 nitrogen and oxygen atoms in total. The molecular formula is C18H20ClN. The zero-order valence-corrected chi connectivity index (χ0v) is 12.4. The first-order valence-corrected chi connectivity index (χ1v) is 6.92. The Balaban J connectivity index is 0.00000147. The predicted octanol–water partition coefficient (Wildman–Crippen LogP) is 4.40. The maximum atomic E-state index is 2.50. The second kappa shape index (κ2) is 7.28. The van der Waals surface area contributed by atoms with E-state index in [-0.39, 0.29) is 12.4 Å². The molecule has 1 aliphatic heterocycles. The van der Waals surface area contributed by atoms with Gasteiger partial charge in [0.2, 0.25) is 0 Å². The lowest BCUT2D eigenvalue weighted by Crippen LogP contribution is -2.27.